The molecule has 5 rings (SSSR count). The number of fused-ring (bicyclic) bond motifs is 4. The molecule has 0 radical (unpaired) electrons. The number of esters is 1. The van der Waals surface area contributed by atoms with Crippen molar-refractivity contribution in [1.29, 1.82) is 0 Å². The summed E-state index contributed by atoms with van der Waals surface area (Å²) in [5, 5.41) is 0. The summed E-state index contributed by atoms with van der Waals surface area (Å²) in [4.78, 5) is 11.1. The van der Waals surface area contributed by atoms with Crippen LogP contribution in [0.3, 0.4) is 0 Å². The number of carbonyl (C=O) groups is 1. The highest BCUT2D eigenvalue weighted by Crippen LogP contribution is 2.47. The first-order chi connectivity index (χ1) is 11.7. The zero-order valence-corrected chi connectivity index (χ0v) is 14.4. The maximum absolute atomic E-state index is 11.1. The van der Waals surface area contributed by atoms with E-state index in [1.54, 1.807) is 5.57 Å². The standard InChI is InChI=1S/C13H14.C9H12O2/c1-2-4-11(5-3-1)13-9-10-6-7-12(13)8-10;1-11-9(10)8-5-6-2-3-7(8)4-6/h1-5,9-10,12H,6-8H2;5-7H,2-4H2,1H3. The Hall–Kier alpha value is -1.83. The number of ether oxygens (including phenoxy) is 1. The van der Waals surface area contributed by atoms with Gasteiger partial charge in [-0.25, -0.2) is 4.79 Å². The summed E-state index contributed by atoms with van der Waals surface area (Å²) in [7, 11) is 1.45. The molecule has 4 unspecified atom stereocenters. The van der Waals surface area contributed by atoms with Gasteiger partial charge in [0.25, 0.3) is 0 Å². The van der Waals surface area contributed by atoms with Gasteiger partial charge in [-0.2, -0.15) is 0 Å². The molecule has 24 heavy (non-hydrogen) atoms. The molecule has 0 N–H and O–H groups in total. The number of hydrogen-bond donors (Lipinski definition) is 0. The number of allylic oxidation sites excluding steroid dienone is 3. The first kappa shape index (κ1) is 15.7. The van der Waals surface area contributed by atoms with Gasteiger partial charge in [0, 0.05) is 5.57 Å². The summed E-state index contributed by atoms with van der Waals surface area (Å²) >= 11 is 0. The Morgan fingerprint density at radius 1 is 0.917 bits per heavy atom. The minimum atomic E-state index is -0.114. The minimum Gasteiger partial charge on any atom is -0.466 e. The van der Waals surface area contributed by atoms with E-state index in [9.17, 15) is 4.79 Å². The number of rotatable bonds is 2. The van der Waals surface area contributed by atoms with E-state index in [0.717, 1.165) is 17.4 Å². The van der Waals surface area contributed by atoms with Gasteiger partial charge >= 0.3 is 5.97 Å². The normalized spacial score (nSPS) is 32.0. The van der Waals surface area contributed by atoms with Crippen molar-refractivity contribution < 1.29 is 9.53 Å². The molecule has 4 atom stereocenters. The van der Waals surface area contributed by atoms with Gasteiger partial charge in [-0.15, -0.1) is 0 Å². The molecular weight excluding hydrogens is 296 g/mol. The molecule has 0 saturated heterocycles. The minimum absolute atomic E-state index is 0.114. The molecule has 126 valence electrons. The van der Waals surface area contributed by atoms with Crippen LogP contribution < -0.4 is 0 Å². The average molecular weight is 322 g/mol. The van der Waals surface area contributed by atoms with Crippen molar-refractivity contribution in [2.45, 2.75) is 38.5 Å². The van der Waals surface area contributed by atoms with Gasteiger partial charge in [0.1, 0.15) is 0 Å². The van der Waals surface area contributed by atoms with E-state index in [4.69, 9.17) is 0 Å². The maximum Gasteiger partial charge on any atom is 0.333 e. The Morgan fingerprint density at radius 2 is 1.58 bits per heavy atom. The van der Waals surface area contributed by atoms with Gasteiger partial charge in [0.2, 0.25) is 0 Å². The molecule has 4 bridgehead atoms. The van der Waals surface area contributed by atoms with E-state index in [2.05, 4.69) is 47.2 Å². The van der Waals surface area contributed by atoms with E-state index in [1.807, 2.05) is 0 Å². The first-order valence-electron chi connectivity index (χ1n) is 9.31. The zero-order chi connectivity index (χ0) is 16.5. The molecule has 1 aromatic rings. The number of carbonyl (C=O) groups excluding carboxylic acids is 1. The molecule has 0 aromatic heterocycles. The van der Waals surface area contributed by atoms with Crippen LogP contribution in [0.5, 0.6) is 0 Å². The fourth-order valence-corrected chi connectivity index (χ4v) is 5.00. The van der Waals surface area contributed by atoms with E-state index in [1.165, 1.54) is 51.2 Å². The fraction of sp³-hybridized carbons (Fsp3) is 0.500. The number of hydrogen-bond acceptors (Lipinski definition) is 2. The van der Waals surface area contributed by atoms with Crippen LogP contribution in [-0.4, -0.2) is 13.1 Å². The SMILES string of the molecule is C1=C(c2ccccc2)C2CCC1C2.COC(=O)C1=CC2CCC1C2. The van der Waals surface area contributed by atoms with Crippen molar-refractivity contribution in [1.82, 2.24) is 0 Å². The molecule has 4 aliphatic carbocycles. The van der Waals surface area contributed by atoms with Crippen molar-refractivity contribution in [2.75, 3.05) is 7.11 Å². The molecule has 0 aliphatic heterocycles. The summed E-state index contributed by atoms with van der Waals surface area (Å²) in [6, 6.07) is 10.9. The van der Waals surface area contributed by atoms with E-state index in [-0.39, 0.29) is 5.97 Å². The van der Waals surface area contributed by atoms with Gasteiger partial charge < -0.3 is 4.74 Å². The number of methoxy groups -OCH3 is 1. The van der Waals surface area contributed by atoms with Crippen LogP contribution in [0, 0.1) is 23.7 Å². The Morgan fingerprint density at radius 3 is 2.08 bits per heavy atom. The van der Waals surface area contributed by atoms with Crippen LogP contribution in [0.4, 0.5) is 0 Å². The third-order valence-electron chi connectivity index (χ3n) is 6.18. The van der Waals surface area contributed by atoms with Crippen LogP contribution in [0.2, 0.25) is 0 Å². The van der Waals surface area contributed by atoms with Gasteiger partial charge in [-0.05, 0) is 73.3 Å². The largest absolute Gasteiger partial charge is 0.466 e. The molecule has 0 amide bonds. The molecule has 1 aromatic carbocycles. The summed E-state index contributed by atoms with van der Waals surface area (Å²) < 4.78 is 4.68. The monoisotopic (exact) mass is 322 g/mol. The van der Waals surface area contributed by atoms with Crippen molar-refractivity contribution in [2.24, 2.45) is 23.7 Å². The quantitative estimate of drug-likeness (QED) is 0.715. The molecule has 2 nitrogen and oxygen atoms in total. The van der Waals surface area contributed by atoms with Crippen LogP contribution in [0.1, 0.15) is 44.1 Å². The molecule has 2 saturated carbocycles. The van der Waals surface area contributed by atoms with Crippen LogP contribution >= 0.6 is 0 Å². The van der Waals surface area contributed by atoms with Crippen molar-refractivity contribution >= 4 is 11.5 Å². The summed E-state index contributed by atoms with van der Waals surface area (Å²) in [5.74, 6) is 2.87. The zero-order valence-electron chi connectivity index (χ0n) is 14.4. The first-order valence-corrected chi connectivity index (χ1v) is 9.31. The lowest BCUT2D eigenvalue weighted by molar-refractivity contribution is -0.136. The van der Waals surface area contributed by atoms with Gasteiger partial charge in [-0.3, -0.25) is 0 Å². The van der Waals surface area contributed by atoms with Crippen molar-refractivity contribution in [3.8, 4) is 0 Å². The Kier molecular flexibility index (Phi) is 4.30. The molecule has 0 heterocycles. The lowest BCUT2D eigenvalue weighted by Gasteiger charge is -2.12. The average Bonchev–Trinajstić information content (AvgIpc) is 3.42. The summed E-state index contributed by atoms with van der Waals surface area (Å²) in [6.45, 7) is 0. The molecule has 0 spiro atoms. The highest BCUT2D eigenvalue weighted by atomic mass is 16.5. The lowest BCUT2D eigenvalue weighted by atomic mass is 9.92. The summed E-state index contributed by atoms with van der Waals surface area (Å²) in [6.07, 6.45) is 12.5. The van der Waals surface area contributed by atoms with E-state index in [0.29, 0.717) is 11.8 Å². The Balaban J connectivity index is 0.000000123. The Bertz CT molecular complexity index is 670. The van der Waals surface area contributed by atoms with Crippen LogP contribution in [0.15, 0.2) is 48.1 Å². The molecule has 4 aliphatic rings. The third-order valence-corrected chi connectivity index (χ3v) is 6.18. The topological polar surface area (TPSA) is 26.3 Å². The van der Waals surface area contributed by atoms with Crippen LogP contribution in [-0.2, 0) is 9.53 Å². The van der Waals surface area contributed by atoms with Gasteiger partial charge in [0.05, 0.1) is 7.11 Å². The van der Waals surface area contributed by atoms with Gasteiger partial charge in [0.15, 0.2) is 0 Å². The fourth-order valence-electron chi connectivity index (χ4n) is 5.00. The molecule has 2 fully saturated rings. The highest BCUT2D eigenvalue weighted by Gasteiger charge is 2.36. The molecule has 2 heteroatoms. The van der Waals surface area contributed by atoms with Gasteiger partial charge in [-0.1, -0.05) is 42.5 Å². The second-order valence-corrected chi connectivity index (χ2v) is 7.64. The van der Waals surface area contributed by atoms with E-state index >= 15 is 0 Å². The lowest BCUT2D eigenvalue weighted by Crippen LogP contribution is -2.10. The second-order valence-electron chi connectivity index (χ2n) is 7.64. The number of benzene rings is 1. The predicted octanol–water partition coefficient (Wildman–Crippen LogP) is 5.02. The highest BCUT2D eigenvalue weighted by molar-refractivity contribution is 5.89. The summed E-state index contributed by atoms with van der Waals surface area (Å²) in [5.41, 5.74) is 4.01. The van der Waals surface area contributed by atoms with Crippen molar-refractivity contribution in [3.63, 3.8) is 0 Å². The van der Waals surface area contributed by atoms with Crippen LogP contribution in [0.25, 0.3) is 5.57 Å². The smallest absolute Gasteiger partial charge is 0.333 e. The molecular formula is C22H26O2. The Labute approximate surface area is 144 Å². The maximum atomic E-state index is 11.1. The van der Waals surface area contributed by atoms with Crippen molar-refractivity contribution in [3.05, 3.63) is 53.6 Å². The second kappa shape index (κ2) is 6.58. The third kappa shape index (κ3) is 2.94. The van der Waals surface area contributed by atoms with E-state index < -0.39 is 0 Å². The predicted molar refractivity (Wildman–Crippen MR) is 96.2 cm³/mol.